The van der Waals surface area contributed by atoms with Gasteiger partial charge in [-0.25, -0.2) is 4.98 Å². The van der Waals surface area contributed by atoms with Crippen molar-refractivity contribution in [3.8, 4) is 10.4 Å². The van der Waals surface area contributed by atoms with E-state index in [2.05, 4.69) is 11.9 Å². The van der Waals surface area contributed by atoms with E-state index in [9.17, 15) is 9.59 Å². The Morgan fingerprint density at radius 2 is 2.15 bits per heavy atom. The normalized spacial score (nSPS) is 12.1. The summed E-state index contributed by atoms with van der Waals surface area (Å²) in [7, 11) is 0. The lowest BCUT2D eigenvalue weighted by Crippen LogP contribution is -2.31. The molecule has 0 saturated heterocycles. The molecule has 7 heteroatoms. The van der Waals surface area contributed by atoms with Crippen LogP contribution in [0.2, 0.25) is 0 Å². The van der Waals surface area contributed by atoms with Crippen molar-refractivity contribution in [2.45, 2.75) is 30.8 Å². The molecule has 0 aliphatic carbocycles. The van der Waals surface area contributed by atoms with Crippen molar-refractivity contribution in [2.75, 3.05) is 6.54 Å². The van der Waals surface area contributed by atoms with Crippen LogP contribution in [0.3, 0.4) is 0 Å². The van der Waals surface area contributed by atoms with E-state index in [1.54, 1.807) is 10.6 Å². The molecule has 1 N–H and O–H groups in total. The third-order valence-electron chi connectivity index (χ3n) is 3.99. The molecule has 0 spiro atoms. The molecule has 1 aromatic carbocycles. The molecule has 3 aromatic rings. The van der Waals surface area contributed by atoms with E-state index >= 15 is 0 Å². The molecule has 1 amide bonds. The van der Waals surface area contributed by atoms with Crippen molar-refractivity contribution in [1.82, 2.24) is 14.9 Å². The lowest BCUT2D eigenvalue weighted by molar-refractivity contribution is -0.120. The minimum atomic E-state index is -0.348. The van der Waals surface area contributed by atoms with Crippen LogP contribution in [-0.4, -0.2) is 27.3 Å². The average Bonchev–Trinajstić information content (AvgIpc) is 3.10. The monoisotopic (exact) mass is 399 g/mol. The number of benzene rings is 1. The van der Waals surface area contributed by atoms with Crippen molar-refractivity contribution < 1.29 is 4.79 Å². The van der Waals surface area contributed by atoms with Crippen LogP contribution >= 0.6 is 23.1 Å². The van der Waals surface area contributed by atoms with Crippen LogP contribution in [-0.2, 0) is 11.3 Å². The van der Waals surface area contributed by atoms with Gasteiger partial charge >= 0.3 is 0 Å². The fourth-order valence-corrected chi connectivity index (χ4v) is 4.67. The SMILES string of the molecule is C=CCn1c(S[C@H](C)C(=O)NCC)nc2sc(-c3ccccc3)cc2c1=O. The lowest BCUT2D eigenvalue weighted by atomic mass is 10.2. The summed E-state index contributed by atoms with van der Waals surface area (Å²) in [6.07, 6.45) is 1.67. The summed E-state index contributed by atoms with van der Waals surface area (Å²) in [5.41, 5.74) is 0.948. The van der Waals surface area contributed by atoms with Crippen molar-refractivity contribution >= 4 is 39.2 Å². The van der Waals surface area contributed by atoms with Gasteiger partial charge in [-0.3, -0.25) is 14.2 Å². The summed E-state index contributed by atoms with van der Waals surface area (Å²) in [4.78, 5) is 31.5. The van der Waals surface area contributed by atoms with E-state index in [1.807, 2.05) is 50.2 Å². The van der Waals surface area contributed by atoms with Crippen LogP contribution in [0, 0.1) is 0 Å². The quantitative estimate of drug-likeness (QED) is 0.371. The smallest absolute Gasteiger partial charge is 0.263 e. The fraction of sp³-hybridized carbons (Fsp3) is 0.250. The number of amides is 1. The van der Waals surface area contributed by atoms with E-state index in [0.29, 0.717) is 28.5 Å². The second kappa shape index (κ2) is 8.54. The standard InChI is InChI=1S/C20H21N3O2S2/c1-4-11-23-19(25)15-12-16(14-9-7-6-8-10-14)27-18(15)22-20(23)26-13(3)17(24)21-5-2/h4,6-10,12-13H,1,5,11H2,2-3H3,(H,21,24)/t13-/m1/s1. The summed E-state index contributed by atoms with van der Waals surface area (Å²) in [6.45, 7) is 8.35. The van der Waals surface area contributed by atoms with Gasteiger partial charge in [0.15, 0.2) is 5.16 Å². The Kier molecular flexibility index (Phi) is 6.13. The number of aromatic nitrogens is 2. The molecule has 1 atom stereocenters. The predicted molar refractivity (Wildman–Crippen MR) is 114 cm³/mol. The summed E-state index contributed by atoms with van der Waals surface area (Å²) in [5.74, 6) is -0.0712. The highest BCUT2D eigenvalue weighted by Crippen LogP contribution is 2.32. The maximum absolute atomic E-state index is 13.0. The van der Waals surface area contributed by atoms with Crippen molar-refractivity contribution in [3.63, 3.8) is 0 Å². The fourth-order valence-electron chi connectivity index (χ4n) is 2.65. The van der Waals surface area contributed by atoms with Crippen LogP contribution in [0.25, 0.3) is 20.7 Å². The van der Waals surface area contributed by atoms with E-state index in [0.717, 1.165) is 10.4 Å². The first-order valence-corrected chi connectivity index (χ1v) is 10.4. The van der Waals surface area contributed by atoms with Crippen molar-refractivity contribution in [1.29, 1.82) is 0 Å². The molecule has 0 saturated carbocycles. The molecular formula is C20H21N3O2S2. The summed E-state index contributed by atoms with van der Waals surface area (Å²) in [5, 5.41) is 3.58. The number of fused-ring (bicyclic) bond motifs is 1. The minimum absolute atomic E-state index is 0.0712. The molecule has 0 fully saturated rings. The number of hydrogen-bond donors (Lipinski definition) is 1. The summed E-state index contributed by atoms with van der Waals surface area (Å²) in [6, 6.07) is 11.8. The molecule has 0 unspecified atom stereocenters. The Morgan fingerprint density at radius 1 is 1.41 bits per heavy atom. The van der Waals surface area contributed by atoms with Gasteiger partial charge in [-0.2, -0.15) is 0 Å². The first kappa shape index (κ1) is 19.4. The van der Waals surface area contributed by atoms with Gasteiger partial charge in [0.25, 0.3) is 5.56 Å². The Morgan fingerprint density at radius 3 is 2.81 bits per heavy atom. The lowest BCUT2D eigenvalue weighted by Gasteiger charge is -2.14. The molecule has 2 heterocycles. The van der Waals surface area contributed by atoms with Gasteiger partial charge in [0, 0.05) is 18.0 Å². The highest BCUT2D eigenvalue weighted by molar-refractivity contribution is 8.00. The largest absolute Gasteiger partial charge is 0.355 e. The van der Waals surface area contributed by atoms with Crippen molar-refractivity contribution in [2.24, 2.45) is 0 Å². The molecule has 0 radical (unpaired) electrons. The predicted octanol–water partition coefficient (Wildman–Crippen LogP) is 3.93. The van der Waals surface area contributed by atoms with Gasteiger partial charge in [-0.15, -0.1) is 17.9 Å². The Labute approximate surface area is 166 Å². The Hall–Kier alpha value is -2.38. The van der Waals surface area contributed by atoms with Gasteiger partial charge in [-0.1, -0.05) is 48.2 Å². The van der Waals surface area contributed by atoms with E-state index < -0.39 is 0 Å². The molecule has 5 nitrogen and oxygen atoms in total. The molecule has 0 bridgehead atoms. The van der Waals surface area contributed by atoms with Gasteiger partial charge in [0.1, 0.15) is 4.83 Å². The van der Waals surface area contributed by atoms with Crippen LogP contribution in [0.4, 0.5) is 0 Å². The molecule has 27 heavy (non-hydrogen) atoms. The molecule has 0 aliphatic rings. The first-order chi connectivity index (χ1) is 13.0. The number of nitrogens with zero attached hydrogens (tertiary/aromatic N) is 2. The molecule has 0 aliphatic heterocycles. The average molecular weight is 400 g/mol. The van der Waals surface area contributed by atoms with Crippen LogP contribution in [0.15, 0.2) is 59.0 Å². The topological polar surface area (TPSA) is 64.0 Å². The Balaban J connectivity index is 2.07. The summed E-state index contributed by atoms with van der Waals surface area (Å²) < 4.78 is 1.58. The maximum Gasteiger partial charge on any atom is 0.263 e. The highest BCUT2D eigenvalue weighted by atomic mass is 32.2. The van der Waals surface area contributed by atoms with Gasteiger partial charge in [0.2, 0.25) is 5.91 Å². The third kappa shape index (κ3) is 4.14. The first-order valence-electron chi connectivity index (χ1n) is 8.70. The number of carbonyl (C=O) groups excluding carboxylic acids is 1. The molecule has 2 aromatic heterocycles. The maximum atomic E-state index is 13.0. The van der Waals surface area contributed by atoms with E-state index in [-0.39, 0.29) is 16.7 Å². The van der Waals surface area contributed by atoms with Crippen molar-refractivity contribution in [3.05, 3.63) is 59.4 Å². The number of thioether (sulfide) groups is 1. The minimum Gasteiger partial charge on any atom is -0.355 e. The Bertz CT molecular complexity index is 1020. The van der Waals surface area contributed by atoms with Gasteiger partial charge in [-0.05, 0) is 25.5 Å². The molecule has 3 rings (SSSR count). The number of allylic oxidation sites excluding steroid dienone is 1. The second-order valence-electron chi connectivity index (χ2n) is 5.95. The van der Waals surface area contributed by atoms with Gasteiger partial charge < -0.3 is 5.32 Å². The zero-order chi connectivity index (χ0) is 19.4. The zero-order valence-electron chi connectivity index (χ0n) is 15.3. The van der Waals surface area contributed by atoms with Crippen LogP contribution in [0.1, 0.15) is 13.8 Å². The van der Waals surface area contributed by atoms with Crippen LogP contribution in [0.5, 0.6) is 0 Å². The second-order valence-corrected chi connectivity index (χ2v) is 8.29. The summed E-state index contributed by atoms with van der Waals surface area (Å²) >= 11 is 2.78. The van der Waals surface area contributed by atoms with E-state index in [4.69, 9.17) is 4.98 Å². The highest BCUT2D eigenvalue weighted by Gasteiger charge is 2.20. The van der Waals surface area contributed by atoms with Crippen LogP contribution < -0.4 is 10.9 Å². The third-order valence-corrected chi connectivity index (χ3v) is 6.16. The number of hydrogen-bond acceptors (Lipinski definition) is 5. The number of thiophene rings is 1. The van der Waals surface area contributed by atoms with Gasteiger partial charge in [0.05, 0.1) is 10.6 Å². The zero-order valence-corrected chi connectivity index (χ0v) is 16.9. The van der Waals surface area contributed by atoms with E-state index in [1.165, 1.54) is 23.1 Å². The molecule has 140 valence electrons. The number of nitrogens with one attached hydrogen (secondary N) is 1. The number of carbonyl (C=O) groups is 1. The molecular weight excluding hydrogens is 378 g/mol. The number of rotatable bonds is 7.